The number of rotatable bonds is 8. The van der Waals surface area contributed by atoms with Crippen molar-refractivity contribution >= 4 is 22.7 Å². The van der Waals surface area contributed by atoms with Gasteiger partial charge in [0.1, 0.15) is 12.6 Å². The normalized spacial score (nSPS) is 13.4. The number of hydrogen-bond donors (Lipinski definition) is 2. The van der Waals surface area contributed by atoms with Gasteiger partial charge in [0.2, 0.25) is 5.91 Å². The third kappa shape index (κ3) is 5.50. The number of amides is 1. The summed E-state index contributed by atoms with van der Waals surface area (Å²) in [5, 5.41) is 11.3. The van der Waals surface area contributed by atoms with Crippen molar-refractivity contribution in [2.24, 2.45) is 0 Å². The first-order valence-corrected chi connectivity index (χ1v) is 7.31. The van der Waals surface area contributed by atoms with Crippen LogP contribution in [0.15, 0.2) is 35.2 Å². The zero-order valence-corrected chi connectivity index (χ0v) is 11.9. The fraction of sp³-hybridized carbons (Fsp3) is 0.385. The molecule has 0 heterocycles. The van der Waals surface area contributed by atoms with E-state index in [2.05, 4.69) is 10.1 Å². The zero-order valence-electron chi connectivity index (χ0n) is 11.1. The summed E-state index contributed by atoms with van der Waals surface area (Å²) in [6.45, 7) is -0.203. The Morgan fingerprint density at radius 1 is 1.35 bits per heavy atom. The number of methoxy groups -OCH3 is 1. The zero-order chi connectivity index (χ0) is 15.0. The number of hydrogen-bond acceptors (Lipinski definition) is 4. The van der Waals surface area contributed by atoms with Gasteiger partial charge in [-0.05, 0) is 18.6 Å². The Hall–Kier alpha value is -1.73. The summed E-state index contributed by atoms with van der Waals surface area (Å²) in [4.78, 5) is 23.0. The number of carbonyl (C=O) groups excluding carboxylic acids is 1. The van der Waals surface area contributed by atoms with Crippen LogP contribution in [0, 0.1) is 0 Å². The molecule has 1 aromatic carbocycles. The minimum absolute atomic E-state index is 0.0896. The molecule has 1 rings (SSSR count). The highest BCUT2D eigenvalue weighted by molar-refractivity contribution is 7.85. The first kappa shape index (κ1) is 16.3. The van der Waals surface area contributed by atoms with Crippen LogP contribution in [0.5, 0.6) is 0 Å². The maximum atomic E-state index is 12.0. The van der Waals surface area contributed by atoms with Crippen LogP contribution in [-0.4, -0.2) is 46.7 Å². The molecule has 0 saturated heterocycles. The van der Waals surface area contributed by atoms with Crippen molar-refractivity contribution in [1.82, 2.24) is 5.32 Å². The van der Waals surface area contributed by atoms with Gasteiger partial charge in [0.25, 0.3) is 0 Å². The van der Waals surface area contributed by atoms with Crippen molar-refractivity contribution in [3.63, 3.8) is 0 Å². The predicted molar refractivity (Wildman–Crippen MR) is 73.8 cm³/mol. The van der Waals surface area contributed by atoms with E-state index in [0.29, 0.717) is 4.90 Å². The van der Waals surface area contributed by atoms with Crippen LogP contribution in [0.2, 0.25) is 0 Å². The second-order valence-corrected chi connectivity index (χ2v) is 5.61. The van der Waals surface area contributed by atoms with Crippen molar-refractivity contribution in [3.8, 4) is 0 Å². The van der Waals surface area contributed by atoms with Crippen molar-refractivity contribution in [2.45, 2.75) is 17.4 Å². The van der Waals surface area contributed by atoms with Gasteiger partial charge >= 0.3 is 5.97 Å². The van der Waals surface area contributed by atoms with E-state index in [1.54, 1.807) is 24.3 Å². The van der Waals surface area contributed by atoms with Crippen molar-refractivity contribution in [3.05, 3.63) is 30.3 Å². The molecule has 0 aliphatic carbocycles. The second kappa shape index (κ2) is 8.44. The van der Waals surface area contributed by atoms with E-state index in [1.807, 2.05) is 6.07 Å². The molecule has 0 bridgehead atoms. The molecule has 20 heavy (non-hydrogen) atoms. The average Bonchev–Trinajstić information content (AvgIpc) is 2.44. The third-order valence-corrected chi connectivity index (χ3v) is 3.91. The van der Waals surface area contributed by atoms with E-state index in [9.17, 15) is 13.8 Å². The molecular formula is C13H17NO5S. The molecular weight excluding hydrogens is 282 g/mol. The van der Waals surface area contributed by atoms with Gasteiger partial charge in [0.15, 0.2) is 0 Å². The Kier molecular flexibility index (Phi) is 6.89. The number of aliphatic carboxylic acids is 1. The molecule has 1 amide bonds. The quantitative estimate of drug-likeness (QED) is 0.725. The Labute approximate surface area is 119 Å². The Morgan fingerprint density at radius 2 is 2.00 bits per heavy atom. The largest absolute Gasteiger partial charge is 0.480 e. The lowest BCUT2D eigenvalue weighted by atomic mass is 10.2. The summed E-state index contributed by atoms with van der Waals surface area (Å²) >= 11 is 0. The molecule has 2 N–H and O–H groups in total. The molecule has 0 aliphatic rings. The van der Waals surface area contributed by atoms with E-state index < -0.39 is 28.7 Å². The van der Waals surface area contributed by atoms with Crippen LogP contribution < -0.4 is 5.32 Å². The van der Waals surface area contributed by atoms with E-state index in [-0.39, 0.29) is 18.8 Å². The molecule has 7 heteroatoms. The summed E-state index contributed by atoms with van der Waals surface area (Å²) < 4.78 is 16.6. The van der Waals surface area contributed by atoms with Crippen LogP contribution in [0.1, 0.15) is 6.42 Å². The van der Waals surface area contributed by atoms with E-state index in [4.69, 9.17) is 5.11 Å². The second-order valence-electron chi connectivity index (χ2n) is 4.04. The maximum Gasteiger partial charge on any atom is 0.326 e. The van der Waals surface area contributed by atoms with Gasteiger partial charge < -0.3 is 15.2 Å². The van der Waals surface area contributed by atoms with E-state index >= 15 is 0 Å². The fourth-order valence-electron chi connectivity index (χ4n) is 1.54. The molecule has 0 aromatic heterocycles. The van der Waals surface area contributed by atoms with Crippen molar-refractivity contribution < 1.29 is 23.6 Å². The lowest BCUT2D eigenvalue weighted by molar-refractivity contribution is -0.142. The topological polar surface area (TPSA) is 92.7 Å². The highest BCUT2D eigenvalue weighted by atomic mass is 32.2. The molecule has 2 atom stereocenters. The van der Waals surface area contributed by atoms with E-state index in [1.165, 1.54) is 7.11 Å². The lowest BCUT2D eigenvalue weighted by Crippen LogP contribution is -2.43. The Bertz CT molecular complexity index is 477. The molecule has 6 nitrogen and oxygen atoms in total. The lowest BCUT2D eigenvalue weighted by Gasteiger charge is -2.14. The molecule has 0 fully saturated rings. The first-order valence-electron chi connectivity index (χ1n) is 5.99. The van der Waals surface area contributed by atoms with Gasteiger partial charge in [-0.1, -0.05) is 18.2 Å². The standard InChI is InChI=1S/C13H17NO5S/c1-19-9-12(15)14-11(13(16)17)7-8-20(18)10-5-3-2-4-6-10/h2-6,11H,7-9H2,1H3,(H,14,15)(H,16,17)/t11-,20+/m0/s1. The summed E-state index contributed by atoms with van der Waals surface area (Å²) in [6.07, 6.45) is 0.0896. The summed E-state index contributed by atoms with van der Waals surface area (Å²) in [5.41, 5.74) is 0. The van der Waals surface area contributed by atoms with Crippen LogP contribution >= 0.6 is 0 Å². The van der Waals surface area contributed by atoms with Gasteiger partial charge in [-0.25, -0.2) is 4.79 Å². The first-order chi connectivity index (χ1) is 9.54. The molecule has 0 unspecified atom stereocenters. The van der Waals surface area contributed by atoms with Crippen molar-refractivity contribution in [2.75, 3.05) is 19.5 Å². The highest BCUT2D eigenvalue weighted by Crippen LogP contribution is 2.08. The number of carboxylic acid groups (broad SMARTS) is 1. The molecule has 0 aliphatic heterocycles. The van der Waals surface area contributed by atoms with Crippen LogP contribution in [-0.2, 0) is 25.1 Å². The van der Waals surface area contributed by atoms with Gasteiger partial charge in [0.05, 0.1) is 10.8 Å². The van der Waals surface area contributed by atoms with Gasteiger partial charge in [-0.3, -0.25) is 9.00 Å². The van der Waals surface area contributed by atoms with Crippen LogP contribution in [0.4, 0.5) is 0 Å². The molecule has 110 valence electrons. The third-order valence-electron chi connectivity index (χ3n) is 2.51. The molecule has 1 aromatic rings. The van der Waals surface area contributed by atoms with E-state index in [0.717, 1.165) is 0 Å². The number of carbonyl (C=O) groups is 2. The van der Waals surface area contributed by atoms with Crippen molar-refractivity contribution in [1.29, 1.82) is 0 Å². The number of carboxylic acids is 1. The fourth-order valence-corrected chi connectivity index (χ4v) is 2.69. The Balaban J connectivity index is 2.53. The molecule has 0 spiro atoms. The summed E-state index contributed by atoms with van der Waals surface area (Å²) in [7, 11) is 0.0621. The average molecular weight is 299 g/mol. The smallest absolute Gasteiger partial charge is 0.326 e. The van der Waals surface area contributed by atoms with Gasteiger partial charge in [0, 0.05) is 17.8 Å². The molecule has 0 radical (unpaired) electrons. The monoisotopic (exact) mass is 299 g/mol. The van der Waals surface area contributed by atoms with Gasteiger partial charge in [-0.15, -0.1) is 0 Å². The number of ether oxygens (including phenoxy) is 1. The predicted octanol–water partition coefficient (Wildman–Crippen LogP) is 0.400. The summed E-state index contributed by atoms with van der Waals surface area (Å²) in [5.74, 6) is -1.50. The minimum Gasteiger partial charge on any atom is -0.480 e. The summed E-state index contributed by atoms with van der Waals surface area (Å²) in [6, 6.07) is 7.71. The highest BCUT2D eigenvalue weighted by Gasteiger charge is 2.20. The minimum atomic E-state index is -1.28. The number of nitrogens with one attached hydrogen (secondary N) is 1. The number of benzene rings is 1. The van der Waals surface area contributed by atoms with Crippen LogP contribution in [0.3, 0.4) is 0 Å². The van der Waals surface area contributed by atoms with Gasteiger partial charge in [-0.2, -0.15) is 0 Å². The SMILES string of the molecule is COCC(=O)N[C@@H](CC[S@@](=O)c1ccccc1)C(=O)O. The molecule has 0 saturated carbocycles. The Morgan fingerprint density at radius 3 is 2.55 bits per heavy atom. The van der Waals surface area contributed by atoms with Crippen LogP contribution in [0.25, 0.3) is 0 Å². The maximum absolute atomic E-state index is 12.0.